The Morgan fingerprint density at radius 1 is 1.10 bits per heavy atom. The van der Waals surface area contributed by atoms with Gasteiger partial charge in [-0.25, -0.2) is 9.97 Å². The molecular formula is C27H39N3. The first-order valence-corrected chi connectivity index (χ1v) is 12.7. The minimum absolute atomic E-state index is 0.502. The third-order valence-electron chi connectivity index (χ3n) is 10.3. The highest BCUT2D eigenvalue weighted by Gasteiger charge is 2.57. The number of nitriles is 1. The van der Waals surface area contributed by atoms with Crippen molar-refractivity contribution in [3.8, 4) is 6.07 Å². The van der Waals surface area contributed by atoms with E-state index in [1.54, 1.807) is 12.3 Å². The van der Waals surface area contributed by atoms with Crippen LogP contribution in [0.15, 0.2) is 12.3 Å². The van der Waals surface area contributed by atoms with Gasteiger partial charge in [-0.15, -0.1) is 0 Å². The fraction of sp³-hybridized carbons (Fsp3) is 0.815. The molecule has 162 valence electrons. The molecule has 0 radical (unpaired) electrons. The Balaban J connectivity index is 1.31. The standard InChI is InChI=1S/C27H39N3/c1-17-4-6-21-19(14-17)5-7-23-22(21)10-12-27(3)24(8-9-25(23)27)18(2)15-26-29-13-11-20(16-28)30-26/h11,13,17-19,21-25H,4-10,12,14-15H2,1-3H3. The molecule has 9 unspecified atom stereocenters. The molecule has 3 heteroatoms. The van der Waals surface area contributed by atoms with Crippen molar-refractivity contribution in [3.63, 3.8) is 0 Å². The highest BCUT2D eigenvalue weighted by atomic mass is 14.9. The monoisotopic (exact) mass is 405 g/mol. The van der Waals surface area contributed by atoms with Crippen LogP contribution in [-0.4, -0.2) is 9.97 Å². The van der Waals surface area contributed by atoms with Crippen molar-refractivity contribution >= 4 is 0 Å². The predicted molar refractivity (Wildman–Crippen MR) is 119 cm³/mol. The van der Waals surface area contributed by atoms with Gasteiger partial charge < -0.3 is 0 Å². The van der Waals surface area contributed by atoms with E-state index in [9.17, 15) is 0 Å². The quantitative estimate of drug-likeness (QED) is 0.582. The molecule has 1 aromatic rings. The topological polar surface area (TPSA) is 49.6 Å². The lowest BCUT2D eigenvalue weighted by Gasteiger charge is -2.56. The van der Waals surface area contributed by atoms with Crippen LogP contribution in [0.3, 0.4) is 0 Å². The Bertz CT molecular complexity index is 813. The van der Waals surface area contributed by atoms with Crippen LogP contribution in [0.5, 0.6) is 0 Å². The van der Waals surface area contributed by atoms with Gasteiger partial charge in [-0.3, -0.25) is 0 Å². The van der Waals surface area contributed by atoms with Crippen molar-refractivity contribution in [2.45, 2.75) is 85.0 Å². The average molecular weight is 406 g/mol. The van der Waals surface area contributed by atoms with Crippen LogP contribution < -0.4 is 0 Å². The highest BCUT2D eigenvalue weighted by molar-refractivity contribution is 5.18. The van der Waals surface area contributed by atoms with Crippen molar-refractivity contribution in [1.82, 2.24) is 9.97 Å². The Morgan fingerprint density at radius 2 is 1.93 bits per heavy atom. The van der Waals surface area contributed by atoms with E-state index in [2.05, 4.69) is 36.8 Å². The molecule has 0 aromatic carbocycles. The Labute approximate surface area is 183 Å². The number of hydrogen-bond donors (Lipinski definition) is 0. The van der Waals surface area contributed by atoms with Crippen LogP contribution in [0.2, 0.25) is 0 Å². The van der Waals surface area contributed by atoms with Crippen molar-refractivity contribution in [3.05, 3.63) is 23.8 Å². The zero-order valence-corrected chi connectivity index (χ0v) is 19.2. The molecule has 0 N–H and O–H groups in total. The van der Waals surface area contributed by atoms with Crippen LogP contribution in [0.4, 0.5) is 0 Å². The summed E-state index contributed by atoms with van der Waals surface area (Å²) in [6.07, 6.45) is 15.9. The maximum atomic E-state index is 9.17. The summed E-state index contributed by atoms with van der Waals surface area (Å²) in [5.74, 6) is 8.25. The van der Waals surface area contributed by atoms with Crippen LogP contribution in [0.1, 0.15) is 90.1 Å². The summed E-state index contributed by atoms with van der Waals surface area (Å²) >= 11 is 0. The molecule has 5 rings (SSSR count). The molecular weight excluding hydrogens is 366 g/mol. The summed E-state index contributed by atoms with van der Waals surface area (Å²) in [5, 5.41) is 9.17. The van der Waals surface area contributed by atoms with Gasteiger partial charge in [-0.1, -0.05) is 27.2 Å². The van der Waals surface area contributed by atoms with E-state index in [0.29, 0.717) is 17.0 Å². The lowest BCUT2D eigenvalue weighted by atomic mass is 9.48. The van der Waals surface area contributed by atoms with Crippen molar-refractivity contribution in [2.24, 2.45) is 52.8 Å². The largest absolute Gasteiger partial charge is 0.241 e. The molecule has 0 bridgehead atoms. The van der Waals surface area contributed by atoms with Crippen LogP contribution in [-0.2, 0) is 6.42 Å². The molecule has 1 heterocycles. The Kier molecular flexibility index (Phi) is 5.41. The first-order valence-electron chi connectivity index (χ1n) is 12.7. The molecule has 4 saturated carbocycles. The average Bonchev–Trinajstić information content (AvgIpc) is 3.10. The zero-order chi connectivity index (χ0) is 20.9. The van der Waals surface area contributed by atoms with Gasteiger partial charge in [0.1, 0.15) is 17.6 Å². The minimum atomic E-state index is 0.502. The molecule has 1 aromatic heterocycles. The van der Waals surface area contributed by atoms with Gasteiger partial charge in [-0.05, 0) is 110 Å². The Hall–Kier alpha value is -1.43. The lowest BCUT2D eigenvalue weighted by molar-refractivity contribution is -0.0728. The van der Waals surface area contributed by atoms with E-state index in [1.807, 2.05) is 0 Å². The maximum absolute atomic E-state index is 9.17. The molecule has 0 aliphatic heterocycles. The van der Waals surface area contributed by atoms with Crippen LogP contribution in [0.25, 0.3) is 0 Å². The third kappa shape index (κ3) is 3.39. The SMILES string of the molecule is CC1CCC2C(CCC3C2CCC2(C)C(C(C)Cc4nccc(C#N)n4)CCC32)C1. The number of hydrogen-bond acceptors (Lipinski definition) is 3. The molecule has 30 heavy (non-hydrogen) atoms. The summed E-state index contributed by atoms with van der Waals surface area (Å²) in [6.45, 7) is 7.55. The predicted octanol–water partition coefficient (Wildman–Crippen LogP) is 6.43. The van der Waals surface area contributed by atoms with Crippen molar-refractivity contribution in [2.75, 3.05) is 0 Å². The highest BCUT2D eigenvalue weighted by Crippen LogP contribution is 2.65. The number of fused-ring (bicyclic) bond motifs is 5. The second kappa shape index (κ2) is 7.92. The van der Waals surface area contributed by atoms with Gasteiger partial charge in [-0.2, -0.15) is 5.26 Å². The van der Waals surface area contributed by atoms with Gasteiger partial charge in [0.15, 0.2) is 0 Å². The normalized spacial score (nSPS) is 43.7. The van der Waals surface area contributed by atoms with E-state index in [-0.39, 0.29) is 0 Å². The number of nitrogens with zero attached hydrogens (tertiary/aromatic N) is 3. The van der Waals surface area contributed by atoms with Crippen LogP contribution >= 0.6 is 0 Å². The first-order chi connectivity index (χ1) is 14.5. The van der Waals surface area contributed by atoms with Crippen molar-refractivity contribution < 1.29 is 0 Å². The van der Waals surface area contributed by atoms with Gasteiger partial charge in [0.25, 0.3) is 0 Å². The summed E-state index contributed by atoms with van der Waals surface area (Å²) in [4.78, 5) is 8.95. The fourth-order valence-corrected chi connectivity index (χ4v) is 9.05. The van der Waals surface area contributed by atoms with E-state index in [4.69, 9.17) is 5.26 Å². The molecule has 0 saturated heterocycles. The molecule has 4 aliphatic rings. The summed E-state index contributed by atoms with van der Waals surface area (Å²) in [6, 6.07) is 3.88. The summed E-state index contributed by atoms with van der Waals surface area (Å²) < 4.78 is 0. The molecule has 9 atom stereocenters. The fourth-order valence-electron chi connectivity index (χ4n) is 9.05. The molecule has 4 aliphatic carbocycles. The van der Waals surface area contributed by atoms with Crippen LogP contribution in [0, 0.1) is 64.1 Å². The summed E-state index contributed by atoms with van der Waals surface area (Å²) in [5.41, 5.74) is 1.00. The Morgan fingerprint density at radius 3 is 2.77 bits per heavy atom. The molecule has 3 nitrogen and oxygen atoms in total. The molecule has 0 spiro atoms. The first kappa shape index (κ1) is 20.5. The van der Waals surface area contributed by atoms with Gasteiger partial charge >= 0.3 is 0 Å². The van der Waals surface area contributed by atoms with E-state index in [0.717, 1.165) is 53.7 Å². The molecule has 0 amide bonds. The second-order valence-electron chi connectivity index (χ2n) is 11.7. The number of aromatic nitrogens is 2. The van der Waals surface area contributed by atoms with Crippen molar-refractivity contribution in [1.29, 1.82) is 5.26 Å². The minimum Gasteiger partial charge on any atom is -0.241 e. The maximum Gasteiger partial charge on any atom is 0.144 e. The lowest BCUT2D eigenvalue weighted by Crippen LogP contribution is -2.49. The third-order valence-corrected chi connectivity index (χ3v) is 10.3. The smallest absolute Gasteiger partial charge is 0.144 e. The van der Waals surface area contributed by atoms with E-state index < -0.39 is 0 Å². The van der Waals surface area contributed by atoms with Gasteiger partial charge in [0.05, 0.1) is 0 Å². The zero-order valence-electron chi connectivity index (χ0n) is 19.2. The summed E-state index contributed by atoms with van der Waals surface area (Å²) in [7, 11) is 0. The number of rotatable bonds is 3. The van der Waals surface area contributed by atoms with Gasteiger partial charge in [0.2, 0.25) is 0 Å². The van der Waals surface area contributed by atoms with E-state index in [1.165, 1.54) is 57.8 Å². The van der Waals surface area contributed by atoms with Gasteiger partial charge in [0, 0.05) is 12.6 Å². The molecule has 4 fully saturated rings. The van der Waals surface area contributed by atoms with E-state index >= 15 is 0 Å². The second-order valence-corrected chi connectivity index (χ2v) is 11.7.